The fourth-order valence-corrected chi connectivity index (χ4v) is 3.17. The van der Waals surface area contributed by atoms with Crippen LogP contribution in [-0.2, 0) is 11.3 Å². The first-order chi connectivity index (χ1) is 11.3. The number of carbonyl (C=O) groups excluding carboxylic acids is 1. The summed E-state index contributed by atoms with van der Waals surface area (Å²) in [7, 11) is 0. The van der Waals surface area contributed by atoms with Gasteiger partial charge in [-0.3, -0.25) is 4.79 Å². The third kappa shape index (κ3) is 3.70. The average Bonchev–Trinajstić information content (AvgIpc) is 2.61. The molecule has 1 atom stereocenters. The summed E-state index contributed by atoms with van der Waals surface area (Å²) in [6.45, 7) is 2.89. The van der Waals surface area contributed by atoms with Gasteiger partial charge in [-0.05, 0) is 37.0 Å². The van der Waals surface area contributed by atoms with Crippen LogP contribution in [0.25, 0.3) is 0 Å². The lowest BCUT2D eigenvalue weighted by Gasteiger charge is -2.31. The summed E-state index contributed by atoms with van der Waals surface area (Å²) < 4.78 is 0. The van der Waals surface area contributed by atoms with Crippen molar-refractivity contribution in [2.75, 3.05) is 4.90 Å². The minimum Gasteiger partial charge on any atom is -0.341 e. The van der Waals surface area contributed by atoms with Crippen LogP contribution in [0.3, 0.4) is 0 Å². The van der Waals surface area contributed by atoms with Crippen molar-refractivity contribution in [3.63, 3.8) is 0 Å². The summed E-state index contributed by atoms with van der Waals surface area (Å²) >= 11 is 0. The lowest BCUT2D eigenvalue weighted by Crippen LogP contribution is -2.27. The topological polar surface area (TPSA) is 20.3 Å². The number of ketones is 1. The van der Waals surface area contributed by atoms with Gasteiger partial charge in [-0.2, -0.15) is 0 Å². The zero-order chi connectivity index (χ0) is 16.1. The van der Waals surface area contributed by atoms with Gasteiger partial charge in [0.15, 0.2) is 5.78 Å². The molecule has 1 aliphatic carbocycles. The van der Waals surface area contributed by atoms with Crippen LogP contribution in [0, 0.1) is 5.92 Å². The Hall–Kier alpha value is -2.35. The van der Waals surface area contributed by atoms with E-state index in [1.54, 1.807) is 0 Å². The molecule has 0 heterocycles. The number of hydrogen-bond acceptors (Lipinski definition) is 2. The molecule has 1 aliphatic rings. The molecular weight excluding hydrogens is 282 g/mol. The molecule has 0 saturated carbocycles. The van der Waals surface area contributed by atoms with Gasteiger partial charge in [0.1, 0.15) is 0 Å². The molecule has 118 valence electrons. The van der Waals surface area contributed by atoms with Gasteiger partial charge in [0, 0.05) is 29.9 Å². The van der Waals surface area contributed by atoms with Crippen molar-refractivity contribution < 1.29 is 4.79 Å². The van der Waals surface area contributed by atoms with Gasteiger partial charge in [0.05, 0.1) is 0 Å². The smallest absolute Gasteiger partial charge is 0.160 e. The molecule has 0 bridgehead atoms. The Morgan fingerprint density at radius 3 is 2.26 bits per heavy atom. The minimum atomic E-state index is 0.202. The van der Waals surface area contributed by atoms with E-state index in [2.05, 4.69) is 48.2 Å². The number of allylic oxidation sites excluding steroid dienone is 2. The van der Waals surface area contributed by atoms with Crippen LogP contribution in [0.2, 0.25) is 0 Å². The number of hydrogen-bond donors (Lipinski definition) is 0. The second-order valence-corrected chi connectivity index (χ2v) is 6.09. The van der Waals surface area contributed by atoms with Gasteiger partial charge >= 0.3 is 0 Å². The number of anilines is 1. The molecule has 0 aromatic heterocycles. The molecular formula is C21H23NO. The van der Waals surface area contributed by atoms with Gasteiger partial charge < -0.3 is 4.90 Å². The summed E-state index contributed by atoms with van der Waals surface area (Å²) in [4.78, 5) is 14.6. The molecule has 0 saturated heterocycles. The Labute approximate surface area is 138 Å². The van der Waals surface area contributed by atoms with Gasteiger partial charge in [-0.25, -0.2) is 0 Å². The Kier molecular flexibility index (Phi) is 4.92. The van der Waals surface area contributed by atoms with Crippen molar-refractivity contribution in [3.05, 3.63) is 78.0 Å². The molecule has 0 N–H and O–H groups in total. The molecule has 23 heavy (non-hydrogen) atoms. The quantitative estimate of drug-likeness (QED) is 0.777. The largest absolute Gasteiger partial charge is 0.341 e. The van der Waals surface area contributed by atoms with E-state index >= 15 is 0 Å². The number of rotatable bonds is 5. The van der Waals surface area contributed by atoms with Gasteiger partial charge in [0.2, 0.25) is 0 Å². The number of benzene rings is 2. The molecule has 0 aliphatic heterocycles. The third-order valence-corrected chi connectivity index (χ3v) is 4.55. The van der Waals surface area contributed by atoms with Crippen molar-refractivity contribution in [2.45, 2.75) is 32.7 Å². The van der Waals surface area contributed by atoms with E-state index in [1.165, 1.54) is 5.56 Å². The van der Waals surface area contributed by atoms with Crippen molar-refractivity contribution >= 4 is 11.5 Å². The van der Waals surface area contributed by atoms with Gasteiger partial charge in [-0.1, -0.05) is 55.5 Å². The van der Waals surface area contributed by atoms with E-state index in [0.29, 0.717) is 0 Å². The second-order valence-electron chi connectivity index (χ2n) is 6.09. The molecule has 0 radical (unpaired) electrons. The number of carbonyl (C=O) groups is 1. The molecule has 2 nitrogen and oxygen atoms in total. The first kappa shape index (κ1) is 15.5. The van der Waals surface area contributed by atoms with Crippen LogP contribution < -0.4 is 4.90 Å². The molecule has 1 unspecified atom stereocenters. The number of nitrogens with zero attached hydrogens (tertiary/aromatic N) is 1. The van der Waals surface area contributed by atoms with E-state index < -0.39 is 0 Å². The SMILES string of the molecule is CCC1CCC(N(Cc2ccccc2)c2ccccc2)=CC1=O. The minimum absolute atomic E-state index is 0.202. The van der Waals surface area contributed by atoms with Crippen LogP contribution in [0.4, 0.5) is 5.69 Å². The highest BCUT2D eigenvalue weighted by Gasteiger charge is 2.24. The summed E-state index contributed by atoms with van der Waals surface area (Å²) in [6, 6.07) is 20.8. The van der Waals surface area contributed by atoms with Crippen LogP contribution in [0.15, 0.2) is 72.4 Å². The van der Waals surface area contributed by atoms with Crippen LogP contribution in [-0.4, -0.2) is 5.78 Å². The summed E-state index contributed by atoms with van der Waals surface area (Å²) in [5.74, 6) is 0.482. The molecule has 0 amide bonds. The average molecular weight is 305 g/mol. The molecule has 2 aromatic carbocycles. The summed E-state index contributed by atoms with van der Waals surface area (Å²) in [5.41, 5.74) is 3.53. The Bertz CT molecular complexity index is 676. The predicted molar refractivity (Wildman–Crippen MR) is 95.2 cm³/mol. The maximum absolute atomic E-state index is 12.3. The fraction of sp³-hybridized carbons (Fsp3) is 0.286. The Morgan fingerprint density at radius 1 is 1.00 bits per heavy atom. The predicted octanol–water partition coefficient (Wildman–Crippen LogP) is 4.97. The first-order valence-electron chi connectivity index (χ1n) is 8.39. The highest BCUT2D eigenvalue weighted by molar-refractivity contribution is 5.93. The molecule has 0 spiro atoms. The summed E-state index contributed by atoms with van der Waals surface area (Å²) in [6.07, 6.45) is 4.73. The zero-order valence-electron chi connectivity index (χ0n) is 13.6. The van der Waals surface area contributed by atoms with E-state index in [9.17, 15) is 4.79 Å². The van der Waals surface area contributed by atoms with Crippen molar-refractivity contribution in [2.24, 2.45) is 5.92 Å². The highest BCUT2D eigenvalue weighted by atomic mass is 16.1. The summed E-state index contributed by atoms with van der Waals surface area (Å²) in [5, 5.41) is 0. The maximum Gasteiger partial charge on any atom is 0.160 e. The number of para-hydroxylation sites is 1. The highest BCUT2D eigenvalue weighted by Crippen LogP contribution is 2.30. The van der Waals surface area contributed by atoms with E-state index in [4.69, 9.17) is 0 Å². The Morgan fingerprint density at radius 2 is 1.65 bits per heavy atom. The van der Waals surface area contributed by atoms with Crippen molar-refractivity contribution in [1.29, 1.82) is 0 Å². The monoisotopic (exact) mass is 305 g/mol. The van der Waals surface area contributed by atoms with E-state index in [0.717, 1.165) is 37.2 Å². The zero-order valence-corrected chi connectivity index (χ0v) is 13.6. The fourth-order valence-electron chi connectivity index (χ4n) is 3.17. The van der Waals surface area contributed by atoms with Crippen molar-refractivity contribution in [1.82, 2.24) is 0 Å². The normalized spacial score (nSPS) is 17.7. The van der Waals surface area contributed by atoms with Gasteiger partial charge in [0.25, 0.3) is 0 Å². The van der Waals surface area contributed by atoms with Crippen LogP contribution >= 0.6 is 0 Å². The van der Waals surface area contributed by atoms with Crippen LogP contribution in [0.5, 0.6) is 0 Å². The van der Waals surface area contributed by atoms with Crippen molar-refractivity contribution in [3.8, 4) is 0 Å². The van der Waals surface area contributed by atoms with Crippen LogP contribution in [0.1, 0.15) is 31.7 Å². The van der Waals surface area contributed by atoms with E-state index in [-0.39, 0.29) is 11.7 Å². The van der Waals surface area contributed by atoms with Gasteiger partial charge in [-0.15, -0.1) is 0 Å². The lowest BCUT2D eigenvalue weighted by molar-refractivity contribution is -0.118. The maximum atomic E-state index is 12.3. The molecule has 3 rings (SSSR count). The second kappa shape index (κ2) is 7.28. The van der Waals surface area contributed by atoms with E-state index in [1.807, 2.05) is 30.3 Å². The first-order valence-corrected chi connectivity index (χ1v) is 8.39. The molecule has 2 heteroatoms. The lowest BCUT2D eigenvalue weighted by atomic mass is 9.88. The molecule has 0 fully saturated rings. The Balaban J connectivity index is 1.91. The molecule has 2 aromatic rings. The third-order valence-electron chi connectivity index (χ3n) is 4.55. The standard InChI is InChI=1S/C21H23NO/c1-2-18-13-14-20(15-21(18)23)22(19-11-7-4-8-12-19)16-17-9-5-3-6-10-17/h3-12,15,18H,2,13-14,16H2,1H3.